The predicted octanol–water partition coefficient (Wildman–Crippen LogP) is 0.185. The number of amides is 1. The van der Waals surface area contributed by atoms with Gasteiger partial charge in [0.1, 0.15) is 12.7 Å². The number of hydrogen-bond acceptors (Lipinski definition) is 4. The van der Waals surface area contributed by atoms with E-state index in [9.17, 15) is 4.79 Å². The molecule has 5 nitrogen and oxygen atoms in total. The highest BCUT2D eigenvalue weighted by molar-refractivity contribution is 6.26. The zero-order chi connectivity index (χ0) is 10.2. The zero-order valence-electron chi connectivity index (χ0n) is 8.25. The molecular weight excluding hydrogens is 202 g/mol. The van der Waals surface area contributed by atoms with E-state index in [0.29, 0.717) is 29.5 Å². The molecule has 1 saturated heterocycles. The fraction of sp³-hybridized carbons (Fsp3) is 0.875. The van der Waals surface area contributed by atoms with E-state index >= 15 is 0 Å². The molecule has 14 heavy (non-hydrogen) atoms. The maximum Gasteiger partial charge on any atom is 0.407 e. The Bertz CT molecular complexity index is 175. The van der Waals surface area contributed by atoms with Gasteiger partial charge in [0, 0.05) is 13.7 Å². The second-order valence-corrected chi connectivity index (χ2v) is 4.13. The van der Waals surface area contributed by atoms with Crippen LogP contribution >= 0.6 is 0 Å². The third-order valence-corrected chi connectivity index (χ3v) is 2.52. The molecule has 1 unspecified atom stereocenters. The fourth-order valence-electron chi connectivity index (χ4n) is 0.837. The lowest BCUT2D eigenvalue weighted by molar-refractivity contribution is 0.136. The Kier molecular flexibility index (Phi) is 5.58. The minimum atomic E-state index is -0.360. The van der Waals surface area contributed by atoms with Gasteiger partial charge in [-0.25, -0.2) is 4.79 Å². The smallest absolute Gasteiger partial charge is 0.407 e. The highest BCUT2D eigenvalue weighted by Gasteiger charge is 2.23. The zero-order valence-corrected chi connectivity index (χ0v) is 9.25. The number of ether oxygens (including phenoxy) is 2. The monoisotopic (exact) mass is 217 g/mol. The highest BCUT2D eigenvalue weighted by atomic mass is 28.2. The van der Waals surface area contributed by atoms with Crippen LogP contribution in [0.25, 0.3) is 0 Å². The number of epoxide rings is 1. The molecule has 0 aromatic heterocycles. The summed E-state index contributed by atoms with van der Waals surface area (Å²) < 4.78 is 14.7. The Morgan fingerprint density at radius 1 is 1.71 bits per heavy atom. The average Bonchev–Trinajstić information content (AvgIpc) is 2.98. The summed E-state index contributed by atoms with van der Waals surface area (Å²) in [5, 5.41) is 2.66. The van der Waals surface area contributed by atoms with E-state index in [1.165, 1.54) is 0 Å². The molecule has 1 N–H and O–H groups in total. The van der Waals surface area contributed by atoms with Crippen molar-refractivity contribution in [2.45, 2.75) is 18.6 Å². The molecule has 1 atom stereocenters. The van der Waals surface area contributed by atoms with Crippen LogP contribution in [0.3, 0.4) is 0 Å². The Balaban J connectivity index is 1.81. The van der Waals surface area contributed by atoms with Gasteiger partial charge in [0.15, 0.2) is 0 Å². The van der Waals surface area contributed by atoms with Crippen molar-refractivity contribution in [3.8, 4) is 0 Å². The largest absolute Gasteiger partial charge is 0.447 e. The van der Waals surface area contributed by atoms with E-state index in [4.69, 9.17) is 13.9 Å². The Morgan fingerprint density at radius 3 is 3.14 bits per heavy atom. The lowest BCUT2D eigenvalue weighted by Gasteiger charge is -2.04. The van der Waals surface area contributed by atoms with Crippen molar-refractivity contribution in [2.75, 3.05) is 26.9 Å². The summed E-state index contributed by atoms with van der Waals surface area (Å²) >= 11 is 0. The molecule has 1 aliphatic heterocycles. The highest BCUT2D eigenvalue weighted by Crippen LogP contribution is 2.08. The summed E-state index contributed by atoms with van der Waals surface area (Å²) in [6.45, 7) is 1.72. The van der Waals surface area contributed by atoms with Gasteiger partial charge in [0.2, 0.25) is 9.76 Å². The molecule has 80 valence electrons. The van der Waals surface area contributed by atoms with Gasteiger partial charge in [0.05, 0.1) is 6.61 Å². The summed E-state index contributed by atoms with van der Waals surface area (Å²) in [5.41, 5.74) is 0. The first-order chi connectivity index (χ1) is 6.83. The first-order valence-electron chi connectivity index (χ1n) is 4.61. The third-order valence-electron chi connectivity index (χ3n) is 1.67. The molecule has 1 aliphatic rings. The van der Waals surface area contributed by atoms with Crippen LogP contribution in [0.15, 0.2) is 0 Å². The molecule has 1 heterocycles. The minimum absolute atomic E-state index is 0.135. The van der Waals surface area contributed by atoms with Crippen LogP contribution in [0.4, 0.5) is 4.79 Å². The minimum Gasteiger partial charge on any atom is -0.447 e. The molecule has 2 radical (unpaired) electrons. The molecule has 0 aliphatic carbocycles. The fourth-order valence-corrected chi connectivity index (χ4v) is 1.36. The van der Waals surface area contributed by atoms with Crippen molar-refractivity contribution in [1.29, 1.82) is 0 Å². The van der Waals surface area contributed by atoms with Crippen molar-refractivity contribution in [2.24, 2.45) is 0 Å². The van der Waals surface area contributed by atoms with Gasteiger partial charge in [-0.1, -0.05) is 0 Å². The van der Waals surface area contributed by atoms with E-state index in [2.05, 4.69) is 5.32 Å². The molecule has 0 aromatic rings. The van der Waals surface area contributed by atoms with Gasteiger partial charge in [-0.05, 0) is 12.5 Å². The SMILES string of the molecule is CO[Si]CCCNC(=O)OCC1CO1. The second-order valence-electron chi connectivity index (χ2n) is 2.93. The predicted molar refractivity (Wildman–Crippen MR) is 51.3 cm³/mol. The van der Waals surface area contributed by atoms with Gasteiger partial charge >= 0.3 is 6.09 Å². The molecule has 6 heteroatoms. The molecule has 0 bridgehead atoms. The third kappa shape index (κ3) is 5.95. The van der Waals surface area contributed by atoms with Crippen LogP contribution in [0.1, 0.15) is 6.42 Å². The van der Waals surface area contributed by atoms with Crippen LogP contribution in [-0.4, -0.2) is 48.8 Å². The molecule has 1 amide bonds. The van der Waals surface area contributed by atoms with Gasteiger partial charge in [-0.15, -0.1) is 0 Å². The number of hydrogen-bond donors (Lipinski definition) is 1. The van der Waals surface area contributed by atoms with Crippen molar-refractivity contribution in [3.63, 3.8) is 0 Å². The van der Waals surface area contributed by atoms with Crippen LogP contribution in [-0.2, 0) is 13.9 Å². The number of alkyl carbamates (subject to hydrolysis) is 1. The van der Waals surface area contributed by atoms with Gasteiger partial charge in [-0.2, -0.15) is 0 Å². The second kappa shape index (κ2) is 6.80. The van der Waals surface area contributed by atoms with Gasteiger partial charge < -0.3 is 19.2 Å². The molecular formula is C8H15NO4Si. The number of carbonyl (C=O) groups excluding carboxylic acids is 1. The summed E-state index contributed by atoms with van der Waals surface area (Å²) in [7, 11) is 2.19. The van der Waals surface area contributed by atoms with Crippen LogP contribution in [0.5, 0.6) is 0 Å². The summed E-state index contributed by atoms with van der Waals surface area (Å²) in [6, 6.07) is 0.975. The average molecular weight is 217 g/mol. The topological polar surface area (TPSA) is 60.1 Å². The molecule has 0 saturated carbocycles. The Labute approximate surface area is 86.0 Å². The van der Waals surface area contributed by atoms with Crippen LogP contribution < -0.4 is 5.32 Å². The molecule has 1 fully saturated rings. The van der Waals surface area contributed by atoms with E-state index in [-0.39, 0.29) is 12.2 Å². The van der Waals surface area contributed by atoms with E-state index < -0.39 is 0 Å². The Hall–Kier alpha value is -0.593. The number of nitrogens with one attached hydrogen (secondary N) is 1. The van der Waals surface area contributed by atoms with Crippen molar-refractivity contribution in [3.05, 3.63) is 0 Å². The van der Waals surface area contributed by atoms with E-state index in [1.54, 1.807) is 7.11 Å². The summed E-state index contributed by atoms with van der Waals surface area (Å²) in [4.78, 5) is 11.0. The van der Waals surface area contributed by atoms with Crippen molar-refractivity contribution in [1.82, 2.24) is 5.32 Å². The molecule has 0 aromatic carbocycles. The first kappa shape index (κ1) is 11.5. The summed E-state index contributed by atoms with van der Waals surface area (Å²) in [6.07, 6.45) is 0.693. The lowest BCUT2D eigenvalue weighted by atomic mass is 10.5. The molecule has 1 rings (SSSR count). The van der Waals surface area contributed by atoms with Crippen LogP contribution in [0, 0.1) is 0 Å². The summed E-state index contributed by atoms with van der Waals surface area (Å²) in [5.74, 6) is 0. The van der Waals surface area contributed by atoms with Crippen LogP contribution in [0.2, 0.25) is 6.04 Å². The lowest BCUT2D eigenvalue weighted by Crippen LogP contribution is -2.26. The van der Waals surface area contributed by atoms with Crippen molar-refractivity contribution >= 4 is 15.9 Å². The Morgan fingerprint density at radius 2 is 2.50 bits per heavy atom. The maximum absolute atomic E-state index is 11.0. The standard InChI is InChI=1S/C8H15NO4Si/c1-11-14-4-2-3-9-8(10)13-6-7-5-12-7/h7H,2-6H2,1H3,(H,9,10). The van der Waals surface area contributed by atoms with Crippen molar-refractivity contribution < 1.29 is 18.7 Å². The normalized spacial score (nSPS) is 19.1. The van der Waals surface area contributed by atoms with E-state index in [1.807, 2.05) is 0 Å². The number of rotatable bonds is 7. The van der Waals surface area contributed by atoms with Gasteiger partial charge in [-0.3, -0.25) is 0 Å². The quantitative estimate of drug-likeness (QED) is 0.375. The first-order valence-corrected chi connectivity index (χ1v) is 5.72. The van der Waals surface area contributed by atoms with E-state index in [0.717, 1.165) is 12.5 Å². The molecule has 0 spiro atoms. The van der Waals surface area contributed by atoms with Gasteiger partial charge in [0.25, 0.3) is 0 Å². The maximum atomic E-state index is 11.0. The number of carbonyl (C=O) groups is 1.